The average molecular weight is 348 g/mol. The summed E-state index contributed by atoms with van der Waals surface area (Å²) in [6.07, 6.45) is 0.854. The van der Waals surface area contributed by atoms with Crippen LogP contribution in [0, 0.1) is 5.82 Å². The Morgan fingerprint density at radius 3 is 2.69 bits per heavy atom. The maximum absolute atomic E-state index is 13.4. The molecule has 0 saturated carbocycles. The number of nitrogens with one attached hydrogen (secondary N) is 1. The number of aryl methyl sites for hydroxylation is 1. The molecule has 2 aromatic rings. The van der Waals surface area contributed by atoms with Crippen molar-refractivity contribution in [2.24, 2.45) is 0 Å². The van der Waals surface area contributed by atoms with Crippen LogP contribution >= 0.6 is 31.9 Å². The van der Waals surface area contributed by atoms with E-state index in [1.165, 1.54) is 6.07 Å². The first-order valence-corrected chi connectivity index (χ1v) is 6.40. The molecule has 0 aliphatic rings. The quantitative estimate of drug-likeness (QED) is 0.861. The van der Waals surface area contributed by atoms with Gasteiger partial charge in [-0.05, 0) is 50.4 Å². The second-order valence-electron chi connectivity index (χ2n) is 3.35. The summed E-state index contributed by atoms with van der Waals surface area (Å²) in [5, 5.41) is 7.10. The molecule has 0 amide bonds. The molecular formula is C11H9Br2FN2. The number of H-pyrrole nitrogens is 1. The molecule has 0 unspecified atom stereocenters. The molecule has 5 heteroatoms. The van der Waals surface area contributed by atoms with E-state index in [-0.39, 0.29) is 5.82 Å². The number of hydrogen-bond donors (Lipinski definition) is 1. The molecule has 0 atom stereocenters. The fourth-order valence-electron chi connectivity index (χ4n) is 1.43. The molecule has 1 aromatic carbocycles. The van der Waals surface area contributed by atoms with Crippen molar-refractivity contribution >= 4 is 31.9 Å². The number of aromatic nitrogens is 2. The van der Waals surface area contributed by atoms with E-state index in [1.807, 2.05) is 13.0 Å². The summed E-state index contributed by atoms with van der Waals surface area (Å²) in [6, 6.07) is 4.97. The van der Waals surface area contributed by atoms with Crippen molar-refractivity contribution in [1.82, 2.24) is 10.2 Å². The van der Waals surface area contributed by atoms with E-state index in [0.717, 1.165) is 27.8 Å². The predicted octanol–water partition coefficient (Wildman–Crippen LogP) is 4.30. The molecule has 84 valence electrons. The van der Waals surface area contributed by atoms with Crippen LogP contribution in [0.5, 0.6) is 0 Å². The standard InChI is InChI=1S/C11H9Br2FN2/c1-2-9-10(13)11(16-15-9)6-3-4-7(12)8(14)5-6/h3-5H,2H2,1H3,(H,15,16). The Bertz CT molecular complexity index is 523. The molecule has 0 fully saturated rings. The van der Waals surface area contributed by atoms with Gasteiger partial charge in [0.05, 0.1) is 8.95 Å². The maximum Gasteiger partial charge on any atom is 0.138 e. The third kappa shape index (κ3) is 2.06. The topological polar surface area (TPSA) is 28.7 Å². The van der Waals surface area contributed by atoms with Crippen LogP contribution in [0.15, 0.2) is 27.1 Å². The lowest BCUT2D eigenvalue weighted by molar-refractivity contribution is 0.621. The maximum atomic E-state index is 13.4. The summed E-state index contributed by atoms with van der Waals surface area (Å²) in [7, 11) is 0. The van der Waals surface area contributed by atoms with Gasteiger partial charge in [-0.2, -0.15) is 5.10 Å². The van der Waals surface area contributed by atoms with E-state index in [1.54, 1.807) is 6.07 Å². The van der Waals surface area contributed by atoms with Crippen LogP contribution in [0.4, 0.5) is 4.39 Å². The Morgan fingerprint density at radius 2 is 2.12 bits per heavy atom. The smallest absolute Gasteiger partial charge is 0.138 e. The van der Waals surface area contributed by atoms with Gasteiger partial charge >= 0.3 is 0 Å². The largest absolute Gasteiger partial charge is 0.281 e. The van der Waals surface area contributed by atoms with Crippen LogP contribution in [0.1, 0.15) is 12.6 Å². The number of benzene rings is 1. The first-order valence-electron chi connectivity index (χ1n) is 4.81. The lowest BCUT2D eigenvalue weighted by Gasteiger charge is -2.00. The van der Waals surface area contributed by atoms with Crippen molar-refractivity contribution < 1.29 is 4.39 Å². The Labute approximate surface area is 110 Å². The summed E-state index contributed by atoms with van der Waals surface area (Å²) in [4.78, 5) is 0. The van der Waals surface area contributed by atoms with E-state index in [4.69, 9.17) is 0 Å². The van der Waals surface area contributed by atoms with Crippen molar-refractivity contribution in [1.29, 1.82) is 0 Å². The van der Waals surface area contributed by atoms with Gasteiger partial charge in [-0.3, -0.25) is 5.10 Å². The van der Waals surface area contributed by atoms with Gasteiger partial charge in [-0.15, -0.1) is 0 Å². The van der Waals surface area contributed by atoms with E-state index in [2.05, 4.69) is 42.1 Å². The van der Waals surface area contributed by atoms with E-state index >= 15 is 0 Å². The highest BCUT2D eigenvalue weighted by Gasteiger charge is 2.12. The van der Waals surface area contributed by atoms with E-state index < -0.39 is 0 Å². The zero-order valence-electron chi connectivity index (χ0n) is 8.52. The predicted molar refractivity (Wildman–Crippen MR) is 68.8 cm³/mol. The van der Waals surface area contributed by atoms with Gasteiger partial charge in [0, 0.05) is 11.3 Å². The zero-order valence-corrected chi connectivity index (χ0v) is 11.7. The van der Waals surface area contributed by atoms with Crippen molar-refractivity contribution in [3.8, 4) is 11.3 Å². The lowest BCUT2D eigenvalue weighted by atomic mass is 10.1. The highest BCUT2D eigenvalue weighted by atomic mass is 79.9. The second-order valence-corrected chi connectivity index (χ2v) is 4.99. The van der Waals surface area contributed by atoms with Gasteiger partial charge in [0.1, 0.15) is 11.5 Å². The van der Waals surface area contributed by atoms with Crippen LogP contribution in [-0.4, -0.2) is 10.2 Å². The summed E-state index contributed by atoms with van der Waals surface area (Å²) in [5.41, 5.74) is 2.50. The first-order chi connectivity index (χ1) is 7.63. The fraction of sp³-hybridized carbons (Fsp3) is 0.182. The van der Waals surface area contributed by atoms with Gasteiger partial charge in [-0.25, -0.2) is 4.39 Å². The summed E-state index contributed by atoms with van der Waals surface area (Å²) < 4.78 is 14.7. The van der Waals surface area contributed by atoms with E-state index in [0.29, 0.717) is 4.47 Å². The average Bonchev–Trinajstić information content (AvgIpc) is 2.64. The van der Waals surface area contributed by atoms with Crippen LogP contribution < -0.4 is 0 Å². The number of aromatic amines is 1. The van der Waals surface area contributed by atoms with Gasteiger partial charge in [0.15, 0.2) is 0 Å². The number of rotatable bonds is 2. The molecule has 0 radical (unpaired) electrons. The normalized spacial score (nSPS) is 10.8. The minimum Gasteiger partial charge on any atom is -0.281 e. The summed E-state index contributed by atoms with van der Waals surface area (Å²) in [6.45, 7) is 2.03. The molecule has 2 rings (SSSR count). The lowest BCUT2D eigenvalue weighted by Crippen LogP contribution is -1.83. The summed E-state index contributed by atoms with van der Waals surface area (Å²) in [5.74, 6) is -0.287. The molecule has 1 heterocycles. The molecule has 0 aliphatic heterocycles. The molecule has 2 nitrogen and oxygen atoms in total. The van der Waals surface area contributed by atoms with Crippen LogP contribution in [0.3, 0.4) is 0 Å². The van der Waals surface area contributed by atoms with Gasteiger partial charge in [-0.1, -0.05) is 13.0 Å². The molecule has 16 heavy (non-hydrogen) atoms. The van der Waals surface area contributed by atoms with Gasteiger partial charge in [0.25, 0.3) is 0 Å². The second kappa shape index (κ2) is 4.67. The molecule has 0 saturated heterocycles. The third-order valence-corrected chi connectivity index (χ3v) is 3.82. The highest BCUT2D eigenvalue weighted by Crippen LogP contribution is 2.30. The first kappa shape index (κ1) is 11.8. The van der Waals surface area contributed by atoms with Crippen molar-refractivity contribution in [3.63, 3.8) is 0 Å². The minimum atomic E-state index is -0.287. The zero-order chi connectivity index (χ0) is 11.7. The molecule has 0 bridgehead atoms. The SMILES string of the molecule is CCc1[nH]nc(-c2ccc(Br)c(F)c2)c1Br. The summed E-state index contributed by atoms with van der Waals surface area (Å²) >= 11 is 6.59. The number of halogens is 3. The highest BCUT2D eigenvalue weighted by molar-refractivity contribution is 9.10. The third-order valence-electron chi connectivity index (χ3n) is 2.32. The monoisotopic (exact) mass is 346 g/mol. The van der Waals surface area contributed by atoms with Crippen LogP contribution in [0.2, 0.25) is 0 Å². The van der Waals surface area contributed by atoms with Crippen molar-refractivity contribution in [3.05, 3.63) is 38.7 Å². The van der Waals surface area contributed by atoms with Crippen LogP contribution in [0.25, 0.3) is 11.3 Å². The van der Waals surface area contributed by atoms with Gasteiger partial charge < -0.3 is 0 Å². The number of nitrogens with zero attached hydrogens (tertiary/aromatic N) is 1. The Balaban J connectivity index is 2.50. The fourth-order valence-corrected chi connectivity index (χ4v) is 2.37. The molecule has 1 N–H and O–H groups in total. The Kier molecular flexibility index (Phi) is 3.44. The van der Waals surface area contributed by atoms with Gasteiger partial charge in [0.2, 0.25) is 0 Å². The molecular weight excluding hydrogens is 339 g/mol. The van der Waals surface area contributed by atoms with Crippen LogP contribution in [-0.2, 0) is 6.42 Å². The molecule has 1 aromatic heterocycles. The molecule has 0 spiro atoms. The van der Waals surface area contributed by atoms with E-state index in [9.17, 15) is 4.39 Å². The minimum absolute atomic E-state index is 0.287. The Hall–Kier alpha value is -0.680. The Morgan fingerprint density at radius 1 is 1.38 bits per heavy atom. The van der Waals surface area contributed by atoms with Crippen molar-refractivity contribution in [2.45, 2.75) is 13.3 Å². The molecule has 0 aliphatic carbocycles. The number of hydrogen-bond acceptors (Lipinski definition) is 1. The van der Waals surface area contributed by atoms with Crippen molar-refractivity contribution in [2.75, 3.05) is 0 Å².